The summed E-state index contributed by atoms with van der Waals surface area (Å²) in [6, 6.07) is 5.36. The largest absolute Gasteiger partial charge is 0.276 e. The zero-order chi connectivity index (χ0) is 10.8. The van der Waals surface area contributed by atoms with Crippen molar-refractivity contribution in [3.05, 3.63) is 29.8 Å². The molecule has 0 heterocycles. The van der Waals surface area contributed by atoms with E-state index in [0.717, 1.165) is 0 Å². The molecule has 76 valence electrons. The molecule has 14 heavy (non-hydrogen) atoms. The van der Waals surface area contributed by atoms with Crippen LogP contribution >= 0.6 is 11.6 Å². The first-order chi connectivity index (χ1) is 6.47. The molecule has 1 N–H and O–H groups in total. The summed E-state index contributed by atoms with van der Waals surface area (Å²) in [7, 11) is -2.13. The number of halogens is 1. The Morgan fingerprint density at radius 3 is 2.14 bits per heavy atom. The number of rotatable bonds is 3. The highest BCUT2D eigenvalue weighted by molar-refractivity contribution is 7.89. The summed E-state index contributed by atoms with van der Waals surface area (Å²) in [6.07, 6.45) is 0. The molecule has 0 unspecified atom stereocenters. The third kappa shape index (κ3) is 2.31. The van der Waals surface area contributed by atoms with Crippen LogP contribution in [0.15, 0.2) is 29.2 Å². The molecule has 0 saturated carbocycles. The summed E-state index contributed by atoms with van der Waals surface area (Å²) in [5.74, 6) is 0. The molecule has 0 aliphatic carbocycles. The quantitative estimate of drug-likeness (QED) is 0.792. The maximum absolute atomic E-state index is 11.3. The van der Waals surface area contributed by atoms with Gasteiger partial charge in [-0.05, 0) is 42.9 Å². The van der Waals surface area contributed by atoms with Gasteiger partial charge in [0.05, 0.1) is 4.90 Å². The topological polar surface area (TPSA) is 63.2 Å². The molecular weight excluding hydrogens is 226 g/mol. The van der Waals surface area contributed by atoms with E-state index in [4.69, 9.17) is 11.6 Å². The Morgan fingerprint density at radius 2 is 1.79 bits per heavy atom. The first-order valence-electron chi connectivity index (χ1n) is 3.71. The Kier molecular flexibility index (Phi) is 3.25. The molecule has 0 amide bonds. The third-order valence-corrected chi connectivity index (χ3v) is 3.31. The molecular formula is C8H8ClNO3S. The first-order valence-corrected chi connectivity index (χ1v) is 5.57. The van der Waals surface area contributed by atoms with Gasteiger partial charge in [-0.15, -0.1) is 0 Å². The van der Waals surface area contributed by atoms with Crippen LogP contribution in [-0.4, -0.2) is 20.7 Å². The third-order valence-electron chi connectivity index (χ3n) is 1.66. The number of nitrogens with one attached hydrogen (secondary N) is 1. The molecule has 0 aromatic heterocycles. The van der Waals surface area contributed by atoms with Crippen LogP contribution in [0.25, 0.3) is 0 Å². The molecule has 0 aliphatic rings. The minimum atomic E-state index is -3.45. The van der Waals surface area contributed by atoms with Crippen molar-refractivity contribution in [3.8, 4) is 0 Å². The smallest absolute Gasteiger partial charge is 0.252 e. The molecule has 1 aromatic carbocycles. The lowest BCUT2D eigenvalue weighted by molar-refractivity contribution is 0.108. The minimum Gasteiger partial charge on any atom is -0.276 e. The van der Waals surface area contributed by atoms with Gasteiger partial charge < -0.3 is 0 Å². The van der Waals surface area contributed by atoms with Crippen LogP contribution in [0.5, 0.6) is 0 Å². The number of hydrogen-bond acceptors (Lipinski definition) is 3. The molecule has 1 aromatic rings. The zero-order valence-electron chi connectivity index (χ0n) is 7.32. The van der Waals surface area contributed by atoms with E-state index in [1.807, 2.05) is 0 Å². The van der Waals surface area contributed by atoms with Crippen LogP contribution in [0.2, 0.25) is 0 Å². The molecule has 0 saturated heterocycles. The van der Waals surface area contributed by atoms with Crippen LogP contribution in [0.3, 0.4) is 0 Å². The Labute approximate surface area is 86.9 Å². The van der Waals surface area contributed by atoms with Gasteiger partial charge in [-0.25, -0.2) is 13.1 Å². The SMILES string of the molecule is CNS(=O)(=O)c1ccc(C(=O)Cl)cc1. The van der Waals surface area contributed by atoms with Crippen molar-refractivity contribution in [1.29, 1.82) is 0 Å². The van der Waals surface area contributed by atoms with Gasteiger partial charge in [0, 0.05) is 5.56 Å². The normalized spacial score (nSPS) is 11.3. The second kappa shape index (κ2) is 4.08. The lowest BCUT2D eigenvalue weighted by atomic mass is 10.2. The van der Waals surface area contributed by atoms with E-state index < -0.39 is 15.3 Å². The van der Waals surface area contributed by atoms with E-state index in [1.165, 1.54) is 31.3 Å². The molecule has 0 bridgehead atoms. The zero-order valence-corrected chi connectivity index (χ0v) is 8.89. The minimum absolute atomic E-state index is 0.0988. The number of benzene rings is 1. The number of carbonyl (C=O) groups is 1. The van der Waals surface area contributed by atoms with Crippen LogP contribution in [-0.2, 0) is 10.0 Å². The Hall–Kier alpha value is -0.910. The fraction of sp³-hybridized carbons (Fsp3) is 0.125. The van der Waals surface area contributed by atoms with Gasteiger partial charge in [0.15, 0.2) is 0 Å². The van der Waals surface area contributed by atoms with Crippen molar-refractivity contribution in [2.75, 3.05) is 7.05 Å². The van der Waals surface area contributed by atoms with Gasteiger partial charge in [-0.3, -0.25) is 4.79 Å². The average molecular weight is 234 g/mol. The van der Waals surface area contributed by atoms with Gasteiger partial charge in [-0.2, -0.15) is 0 Å². The predicted octanol–water partition coefficient (Wildman–Crippen LogP) is 0.974. The summed E-state index contributed by atoms with van der Waals surface area (Å²) in [6.45, 7) is 0. The van der Waals surface area contributed by atoms with E-state index in [1.54, 1.807) is 0 Å². The first kappa shape index (κ1) is 11.2. The Bertz CT molecular complexity index is 438. The lowest BCUT2D eigenvalue weighted by Crippen LogP contribution is -2.18. The van der Waals surface area contributed by atoms with Crippen molar-refractivity contribution in [2.24, 2.45) is 0 Å². The number of sulfonamides is 1. The van der Waals surface area contributed by atoms with Crippen LogP contribution in [0.1, 0.15) is 10.4 Å². The van der Waals surface area contributed by atoms with Crippen molar-refractivity contribution in [3.63, 3.8) is 0 Å². The summed E-state index contributed by atoms with van der Waals surface area (Å²) in [4.78, 5) is 10.8. The average Bonchev–Trinajstić information content (AvgIpc) is 2.18. The molecule has 0 aliphatic heterocycles. The second-order valence-corrected chi connectivity index (χ2v) is 4.74. The van der Waals surface area contributed by atoms with E-state index >= 15 is 0 Å². The lowest BCUT2D eigenvalue weighted by Gasteiger charge is -2.01. The monoisotopic (exact) mass is 233 g/mol. The Balaban J connectivity index is 3.12. The van der Waals surface area contributed by atoms with E-state index in [9.17, 15) is 13.2 Å². The maximum atomic E-state index is 11.3. The van der Waals surface area contributed by atoms with Gasteiger partial charge in [0.2, 0.25) is 10.0 Å². The summed E-state index contributed by atoms with van der Waals surface area (Å²) < 4.78 is 24.7. The summed E-state index contributed by atoms with van der Waals surface area (Å²) >= 11 is 5.20. The highest BCUT2D eigenvalue weighted by Crippen LogP contribution is 2.11. The van der Waals surface area contributed by atoms with Gasteiger partial charge in [-0.1, -0.05) is 0 Å². The van der Waals surface area contributed by atoms with Crippen LogP contribution in [0, 0.1) is 0 Å². The predicted molar refractivity (Wildman–Crippen MR) is 52.9 cm³/mol. The van der Waals surface area contributed by atoms with Gasteiger partial charge >= 0.3 is 0 Å². The molecule has 0 atom stereocenters. The second-order valence-electron chi connectivity index (χ2n) is 2.51. The van der Waals surface area contributed by atoms with E-state index in [-0.39, 0.29) is 10.5 Å². The van der Waals surface area contributed by atoms with Gasteiger partial charge in [0.25, 0.3) is 5.24 Å². The van der Waals surface area contributed by atoms with Gasteiger partial charge in [0.1, 0.15) is 0 Å². The fourth-order valence-electron chi connectivity index (χ4n) is 0.883. The molecule has 6 heteroatoms. The molecule has 1 rings (SSSR count). The van der Waals surface area contributed by atoms with E-state index in [0.29, 0.717) is 0 Å². The van der Waals surface area contributed by atoms with Crippen molar-refractivity contribution in [1.82, 2.24) is 4.72 Å². The molecule has 0 spiro atoms. The van der Waals surface area contributed by atoms with E-state index in [2.05, 4.69) is 4.72 Å². The number of hydrogen-bond donors (Lipinski definition) is 1. The van der Waals surface area contributed by atoms with Crippen LogP contribution < -0.4 is 4.72 Å². The summed E-state index contributed by atoms with van der Waals surface area (Å²) in [5.41, 5.74) is 0.265. The van der Waals surface area contributed by atoms with Crippen molar-refractivity contribution < 1.29 is 13.2 Å². The van der Waals surface area contributed by atoms with Crippen molar-refractivity contribution in [2.45, 2.75) is 4.90 Å². The fourth-order valence-corrected chi connectivity index (χ4v) is 1.74. The standard InChI is InChI=1S/C8H8ClNO3S/c1-10-14(12,13)7-4-2-6(3-5-7)8(9)11/h2-5,10H,1H3. The highest BCUT2D eigenvalue weighted by atomic mass is 35.5. The van der Waals surface area contributed by atoms with Crippen molar-refractivity contribution >= 4 is 26.9 Å². The maximum Gasteiger partial charge on any atom is 0.252 e. The Morgan fingerprint density at radius 1 is 1.29 bits per heavy atom. The number of carbonyl (C=O) groups excluding carboxylic acids is 1. The molecule has 0 fully saturated rings. The molecule has 0 radical (unpaired) electrons. The highest BCUT2D eigenvalue weighted by Gasteiger charge is 2.11. The summed E-state index contributed by atoms with van der Waals surface area (Å²) in [5, 5.41) is -0.613. The molecule has 4 nitrogen and oxygen atoms in total. The van der Waals surface area contributed by atoms with Crippen LogP contribution in [0.4, 0.5) is 0 Å².